The van der Waals surface area contributed by atoms with Gasteiger partial charge in [-0.15, -0.1) is 10.2 Å². The molecule has 2 unspecified atom stereocenters. The standard InChI is InChI=1S/C11H17N3OS/c1-4-9(12-5-1)11-14-13-10(15-11)8-3-2-6-16-7-8/h8-9,12H,1-7H2. The molecule has 1 aromatic heterocycles. The average Bonchev–Trinajstić information content (AvgIpc) is 3.01. The van der Waals surface area contributed by atoms with E-state index in [1.165, 1.54) is 25.0 Å². The highest BCUT2D eigenvalue weighted by molar-refractivity contribution is 7.99. The molecule has 0 saturated carbocycles. The molecular weight excluding hydrogens is 222 g/mol. The first kappa shape index (κ1) is 10.6. The van der Waals surface area contributed by atoms with E-state index in [9.17, 15) is 0 Å². The highest BCUT2D eigenvalue weighted by Gasteiger charge is 2.26. The predicted molar refractivity (Wildman–Crippen MR) is 63.6 cm³/mol. The second-order valence-corrected chi connectivity index (χ2v) is 5.69. The van der Waals surface area contributed by atoms with Gasteiger partial charge in [0.2, 0.25) is 11.8 Å². The molecule has 2 fully saturated rings. The topological polar surface area (TPSA) is 51.0 Å². The lowest BCUT2D eigenvalue weighted by Crippen LogP contribution is -2.13. The molecule has 1 aromatic rings. The molecule has 0 amide bonds. The molecule has 0 aromatic carbocycles. The molecule has 2 aliphatic rings. The van der Waals surface area contributed by atoms with Gasteiger partial charge >= 0.3 is 0 Å². The summed E-state index contributed by atoms with van der Waals surface area (Å²) in [4.78, 5) is 0. The summed E-state index contributed by atoms with van der Waals surface area (Å²) in [7, 11) is 0. The molecule has 5 heteroatoms. The molecule has 0 bridgehead atoms. The first-order chi connectivity index (χ1) is 7.93. The Morgan fingerprint density at radius 2 is 2.12 bits per heavy atom. The fraction of sp³-hybridized carbons (Fsp3) is 0.818. The summed E-state index contributed by atoms with van der Waals surface area (Å²) in [5.74, 6) is 4.56. The Balaban J connectivity index is 1.71. The van der Waals surface area contributed by atoms with Crippen molar-refractivity contribution in [2.24, 2.45) is 0 Å². The fourth-order valence-electron chi connectivity index (χ4n) is 2.38. The second-order valence-electron chi connectivity index (χ2n) is 4.54. The van der Waals surface area contributed by atoms with Gasteiger partial charge in [0.15, 0.2) is 0 Å². The Labute approximate surface area is 99.6 Å². The molecule has 2 atom stereocenters. The zero-order chi connectivity index (χ0) is 10.8. The van der Waals surface area contributed by atoms with Crippen molar-refractivity contribution in [2.45, 2.75) is 37.6 Å². The summed E-state index contributed by atoms with van der Waals surface area (Å²) >= 11 is 2.00. The van der Waals surface area contributed by atoms with Crippen molar-refractivity contribution >= 4 is 11.8 Å². The van der Waals surface area contributed by atoms with Crippen molar-refractivity contribution in [2.75, 3.05) is 18.1 Å². The van der Waals surface area contributed by atoms with Crippen LogP contribution in [0.4, 0.5) is 0 Å². The molecule has 0 aliphatic carbocycles. The molecule has 0 radical (unpaired) electrons. The molecule has 3 rings (SSSR count). The number of hydrogen-bond donors (Lipinski definition) is 1. The van der Waals surface area contributed by atoms with Crippen molar-refractivity contribution in [1.82, 2.24) is 15.5 Å². The Kier molecular flexibility index (Phi) is 3.15. The summed E-state index contributed by atoms with van der Waals surface area (Å²) in [5, 5.41) is 11.8. The zero-order valence-electron chi connectivity index (χ0n) is 9.32. The van der Waals surface area contributed by atoms with E-state index in [0.717, 1.165) is 30.5 Å². The van der Waals surface area contributed by atoms with Gasteiger partial charge in [0.1, 0.15) is 0 Å². The van der Waals surface area contributed by atoms with Gasteiger partial charge in [0.25, 0.3) is 0 Å². The molecular formula is C11H17N3OS. The molecule has 2 saturated heterocycles. The fourth-order valence-corrected chi connectivity index (χ4v) is 3.51. The van der Waals surface area contributed by atoms with E-state index >= 15 is 0 Å². The molecule has 0 spiro atoms. The zero-order valence-corrected chi connectivity index (χ0v) is 10.1. The van der Waals surface area contributed by atoms with Crippen LogP contribution in [0.15, 0.2) is 4.42 Å². The lowest BCUT2D eigenvalue weighted by atomic mass is 10.1. The van der Waals surface area contributed by atoms with Crippen LogP contribution < -0.4 is 5.32 Å². The van der Waals surface area contributed by atoms with Gasteiger partial charge in [-0.3, -0.25) is 0 Å². The van der Waals surface area contributed by atoms with Crippen LogP contribution in [-0.2, 0) is 0 Å². The number of nitrogens with zero attached hydrogens (tertiary/aromatic N) is 2. The van der Waals surface area contributed by atoms with Crippen molar-refractivity contribution in [3.63, 3.8) is 0 Å². The minimum absolute atomic E-state index is 0.303. The van der Waals surface area contributed by atoms with Gasteiger partial charge in [-0.05, 0) is 38.0 Å². The predicted octanol–water partition coefficient (Wildman–Crippen LogP) is 2.10. The quantitative estimate of drug-likeness (QED) is 0.856. The van der Waals surface area contributed by atoms with Gasteiger partial charge in [0, 0.05) is 11.7 Å². The van der Waals surface area contributed by atoms with Crippen LogP contribution in [0, 0.1) is 0 Å². The summed E-state index contributed by atoms with van der Waals surface area (Å²) in [6.07, 6.45) is 4.81. The number of nitrogens with one attached hydrogen (secondary N) is 1. The largest absolute Gasteiger partial charge is 0.423 e. The Morgan fingerprint density at radius 3 is 2.88 bits per heavy atom. The van der Waals surface area contributed by atoms with E-state index in [1.54, 1.807) is 0 Å². The van der Waals surface area contributed by atoms with E-state index in [-0.39, 0.29) is 0 Å². The number of rotatable bonds is 2. The van der Waals surface area contributed by atoms with E-state index in [2.05, 4.69) is 15.5 Å². The summed E-state index contributed by atoms with van der Waals surface area (Å²) in [6.45, 7) is 1.07. The lowest BCUT2D eigenvalue weighted by Gasteiger charge is -2.17. The Hall–Kier alpha value is -0.550. The summed E-state index contributed by atoms with van der Waals surface area (Å²) in [5.41, 5.74) is 0. The maximum absolute atomic E-state index is 5.81. The van der Waals surface area contributed by atoms with Crippen molar-refractivity contribution in [1.29, 1.82) is 0 Å². The minimum Gasteiger partial charge on any atom is -0.423 e. The smallest absolute Gasteiger partial charge is 0.233 e. The third-order valence-corrected chi connectivity index (χ3v) is 4.54. The summed E-state index contributed by atoms with van der Waals surface area (Å²) < 4.78 is 5.81. The average molecular weight is 239 g/mol. The highest BCUT2D eigenvalue weighted by atomic mass is 32.2. The van der Waals surface area contributed by atoms with E-state index in [1.807, 2.05) is 11.8 Å². The number of hydrogen-bond acceptors (Lipinski definition) is 5. The van der Waals surface area contributed by atoms with Crippen molar-refractivity contribution < 1.29 is 4.42 Å². The molecule has 88 valence electrons. The van der Waals surface area contributed by atoms with Crippen molar-refractivity contribution in [3.8, 4) is 0 Å². The van der Waals surface area contributed by atoms with Crippen LogP contribution in [0.2, 0.25) is 0 Å². The lowest BCUT2D eigenvalue weighted by molar-refractivity contribution is 0.380. The van der Waals surface area contributed by atoms with Crippen LogP contribution in [0.1, 0.15) is 49.4 Å². The molecule has 2 aliphatic heterocycles. The van der Waals surface area contributed by atoms with Crippen LogP contribution >= 0.6 is 11.8 Å². The highest BCUT2D eigenvalue weighted by Crippen LogP contribution is 2.31. The monoisotopic (exact) mass is 239 g/mol. The van der Waals surface area contributed by atoms with E-state index in [4.69, 9.17) is 4.42 Å². The third kappa shape index (κ3) is 2.11. The molecule has 16 heavy (non-hydrogen) atoms. The van der Waals surface area contributed by atoms with E-state index < -0.39 is 0 Å². The SMILES string of the molecule is C1CSCC(c2nnc(C3CCCN3)o2)C1. The normalized spacial score (nSPS) is 30.8. The molecule has 4 nitrogen and oxygen atoms in total. The van der Waals surface area contributed by atoms with Crippen LogP contribution in [0.25, 0.3) is 0 Å². The minimum atomic E-state index is 0.303. The second kappa shape index (κ2) is 4.75. The van der Waals surface area contributed by atoms with Crippen LogP contribution in [0.5, 0.6) is 0 Å². The van der Waals surface area contributed by atoms with Gasteiger partial charge in [-0.25, -0.2) is 0 Å². The van der Waals surface area contributed by atoms with E-state index in [0.29, 0.717) is 12.0 Å². The van der Waals surface area contributed by atoms with Gasteiger partial charge < -0.3 is 9.73 Å². The maximum Gasteiger partial charge on any atom is 0.233 e. The Bertz CT molecular complexity index is 343. The van der Waals surface area contributed by atoms with Gasteiger partial charge in [-0.2, -0.15) is 11.8 Å². The third-order valence-electron chi connectivity index (χ3n) is 3.32. The van der Waals surface area contributed by atoms with Gasteiger partial charge in [0.05, 0.1) is 6.04 Å². The summed E-state index contributed by atoms with van der Waals surface area (Å²) in [6, 6.07) is 0.303. The first-order valence-corrected chi connectivity index (χ1v) is 7.23. The van der Waals surface area contributed by atoms with Crippen molar-refractivity contribution in [3.05, 3.63) is 11.8 Å². The van der Waals surface area contributed by atoms with Gasteiger partial charge in [-0.1, -0.05) is 0 Å². The van der Waals surface area contributed by atoms with Crippen LogP contribution in [-0.4, -0.2) is 28.2 Å². The number of thioether (sulfide) groups is 1. The first-order valence-electron chi connectivity index (χ1n) is 6.08. The van der Waals surface area contributed by atoms with Crippen LogP contribution in [0.3, 0.4) is 0 Å². The molecule has 1 N–H and O–H groups in total. The number of aromatic nitrogens is 2. The Morgan fingerprint density at radius 1 is 1.19 bits per heavy atom. The molecule has 3 heterocycles. The maximum atomic E-state index is 5.81.